The van der Waals surface area contributed by atoms with E-state index in [1.54, 1.807) is 0 Å². The van der Waals surface area contributed by atoms with Crippen LogP contribution in [0.15, 0.2) is 71.6 Å². The van der Waals surface area contributed by atoms with Gasteiger partial charge in [-0.2, -0.15) is 0 Å². The van der Waals surface area contributed by atoms with E-state index in [4.69, 9.17) is 15.2 Å². The summed E-state index contributed by atoms with van der Waals surface area (Å²) in [6.07, 6.45) is 28.2. The second-order valence-electron chi connectivity index (χ2n) is 9.47. The van der Waals surface area contributed by atoms with Crippen LogP contribution in [0.3, 0.4) is 0 Å². The minimum absolute atomic E-state index is 0.0940. The molecule has 168 valence electrons. The Hall–Kier alpha value is -1.88. The highest BCUT2D eigenvalue weighted by Crippen LogP contribution is 2.40. The third kappa shape index (κ3) is 6.31. The standard InChI is InChI=1S/C27H37NO3/c28-27(20-29)16-14-24(18-27)23-8-12-25(13-9-23)30-17-15-21-6-10-26(11-7-21)31-19-22-4-2-1-3-5-22/h2,4-8,10,12-13,23-24,26,29H,1,3,9,11,14-20,28H2/t23?,24-,26?,27-/m1/s1. The fourth-order valence-corrected chi connectivity index (χ4v) is 5.00. The fraction of sp³-hybridized carbons (Fsp3) is 0.556. The smallest absolute Gasteiger partial charge is 0.115 e. The van der Waals surface area contributed by atoms with Crippen LogP contribution in [0.25, 0.3) is 0 Å². The molecule has 0 bridgehead atoms. The normalized spacial score (nSPS) is 32.6. The molecule has 4 atom stereocenters. The van der Waals surface area contributed by atoms with E-state index in [1.165, 1.54) is 11.1 Å². The molecule has 31 heavy (non-hydrogen) atoms. The Labute approximate surface area is 186 Å². The van der Waals surface area contributed by atoms with Crippen molar-refractivity contribution in [3.05, 3.63) is 71.6 Å². The van der Waals surface area contributed by atoms with Crippen molar-refractivity contribution in [2.75, 3.05) is 19.8 Å². The van der Waals surface area contributed by atoms with Crippen LogP contribution in [0.5, 0.6) is 0 Å². The fourth-order valence-electron chi connectivity index (χ4n) is 5.00. The summed E-state index contributed by atoms with van der Waals surface area (Å²) >= 11 is 0. The lowest BCUT2D eigenvalue weighted by molar-refractivity contribution is 0.106. The van der Waals surface area contributed by atoms with Crippen molar-refractivity contribution in [2.45, 2.75) is 63.0 Å². The molecule has 4 rings (SSSR count). The summed E-state index contributed by atoms with van der Waals surface area (Å²) in [5.41, 5.74) is 8.49. The van der Waals surface area contributed by atoms with Gasteiger partial charge in [-0.1, -0.05) is 42.5 Å². The van der Waals surface area contributed by atoms with Crippen LogP contribution < -0.4 is 5.73 Å². The Morgan fingerprint density at radius 2 is 1.97 bits per heavy atom. The van der Waals surface area contributed by atoms with Gasteiger partial charge < -0.3 is 20.3 Å². The Balaban J connectivity index is 1.12. The van der Waals surface area contributed by atoms with Gasteiger partial charge in [0.05, 0.1) is 25.9 Å². The lowest BCUT2D eigenvalue weighted by Crippen LogP contribution is -2.41. The molecular formula is C27H37NO3. The van der Waals surface area contributed by atoms with Crippen molar-refractivity contribution >= 4 is 0 Å². The summed E-state index contributed by atoms with van der Waals surface area (Å²) in [6, 6.07) is 0. The molecule has 0 radical (unpaired) electrons. The molecule has 4 aliphatic rings. The number of hydrogen-bond acceptors (Lipinski definition) is 4. The van der Waals surface area contributed by atoms with Gasteiger partial charge in [0.15, 0.2) is 0 Å². The third-order valence-electron chi connectivity index (χ3n) is 7.03. The van der Waals surface area contributed by atoms with Crippen molar-refractivity contribution in [2.24, 2.45) is 17.6 Å². The lowest BCUT2D eigenvalue weighted by atomic mass is 9.84. The van der Waals surface area contributed by atoms with Crippen LogP contribution >= 0.6 is 0 Å². The molecule has 4 aliphatic carbocycles. The first-order valence-electron chi connectivity index (χ1n) is 11.9. The van der Waals surface area contributed by atoms with Crippen LogP contribution in [0, 0.1) is 11.8 Å². The number of hydrogen-bond donors (Lipinski definition) is 2. The Morgan fingerprint density at radius 1 is 1.03 bits per heavy atom. The highest BCUT2D eigenvalue weighted by Gasteiger charge is 2.38. The number of ether oxygens (including phenoxy) is 2. The molecule has 0 saturated heterocycles. The average Bonchev–Trinajstić information content (AvgIpc) is 3.22. The predicted octanol–water partition coefficient (Wildman–Crippen LogP) is 4.89. The average molecular weight is 424 g/mol. The quantitative estimate of drug-likeness (QED) is 0.554. The second-order valence-corrected chi connectivity index (χ2v) is 9.47. The van der Waals surface area contributed by atoms with E-state index in [0.29, 0.717) is 25.0 Å². The zero-order valence-electron chi connectivity index (χ0n) is 18.5. The van der Waals surface area contributed by atoms with Crippen molar-refractivity contribution in [3.63, 3.8) is 0 Å². The van der Waals surface area contributed by atoms with Gasteiger partial charge in [-0.15, -0.1) is 0 Å². The van der Waals surface area contributed by atoms with Gasteiger partial charge in [0.1, 0.15) is 5.76 Å². The van der Waals surface area contributed by atoms with E-state index < -0.39 is 0 Å². The minimum Gasteiger partial charge on any atom is -0.494 e. The molecule has 0 aromatic carbocycles. The van der Waals surface area contributed by atoms with Gasteiger partial charge in [0.2, 0.25) is 0 Å². The number of aliphatic hydroxyl groups excluding tert-OH is 1. The minimum atomic E-state index is -0.367. The first kappa shape index (κ1) is 22.3. The van der Waals surface area contributed by atoms with Gasteiger partial charge in [-0.3, -0.25) is 0 Å². The monoisotopic (exact) mass is 423 g/mol. The molecule has 3 N–H and O–H groups in total. The zero-order valence-corrected chi connectivity index (χ0v) is 18.5. The highest BCUT2D eigenvalue weighted by molar-refractivity contribution is 5.26. The number of aliphatic hydroxyl groups is 1. The van der Waals surface area contributed by atoms with Gasteiger partial charge in [0.25, 0.3) is 0 Å². The predicted molar refractivity (Wildman–Crippen MR) is 125 cm³/mol. The number of rotatable bonds is 9. The van der Waals surface area contributed by atoms with Crippen molar-refractivity contribution in [1.82, 2.24) is 0 Å². The molecule has 2 unspecified atom stereocenters. The first-order chi connectivity index (χ1) is 15.1. The third-order valence-corrected chi connectivity index (χ3v) is 7.03. The van der Waals surface area contributed by atoms with Crippen LogP contribution in [-0.4, -0.2) is 36.6 Å². The van der Waals surface area contributed by atoms with Crippen molar-refractivity contribution < 1.29 is 14.6 Å². The van der Waals surface area contributed by atoms with Crippen LogP contribution in [0.2, 0.25) is 0 Å². The number of allylic oxidation sites excluding steroid dienone is 6. The highest BCUT2D eigenvalue weighted by atomic mass is 16.5. The molecule has 0 aromatic heterocycles. The lowest BCUT2D eigenvalue weighted by Gasteiger charge is -2.25. The molecule has 4 nitrogen and oxygen atoms in total. The molecule has 4 heteroatoms. The summed E-state index contributed by atoms with van der Waals surface area (Å²) < 4.78 is 12.0. The van der Waals surface area contributed by atoms with Crippen LogP contribution in [-0.2, 0) is 9.47 Å². The van der Waals surface area contributed by atoms with Crippen molar-refractivity contribution in [3.8, 4) is 0 Å². The van der Waals surface area contributed by atoms with E-state index in [2.05, 4.69) is 54.7 Å². The number of nitrogens with two attached hydrogens (primary N) is 1. The summed E-state index contributed by atoms with van der Waals surface area (Å²) in [6.45, 7) is 1.49. The van der Waals surface area contributed by atoms with E-state index >= 15 is 0 Å². The molecule has 0 aliphatic heterocycles. The summed E-state index contributed by atoms with van der Waals surface area (Å²) in [4.78, 5) is 0. The first-order valence-corrected chi connectivity index (χ1v) is 11.9. The summed E-state index contributed by atoms with van der Waals surface area (Å²) in [5.74, 6) is 2.07. The molecule has 0 amide bonds. The Bertz CT molecular complexity index is 803. The maximum Gasteiger partial charge on any atom is 0.115 e. The topological polar surface area (TPSA) is 64.7 Å². The molecule has 0 heterocycles. The van der Waals surface area contributed by atoms with Crippen LogP contribution in [0.1, 0.15) is 51.4 Å². The maximum absolute atomic E-state index is 9.49. The second kappa shape index (κ2) is 10.6. The summed E-state index contributed by atoms with van der Waals surface area (Å²) in [7, 11) is 0. The van der Waals surface area contributed by atoms with Crippen molar-refractivity contribution in [1.29, 1.82) is 0 Å². The van der Waals surface area contributed by atoms with E-state index in [0.717, 1.165) is 57.1 Å². The molecule has 1 saturated carbocycles. The Morgan fingerprint density at radius 3 is 2.65 bits per heavy atom. The van der Waals surface area contributed by atoms with E-state index in [-0.39, 0.29) is 18.2 Å². The van der Waals surface area contributed by atoms with Gasteiger partial charge in [-0.25, -0.2) is 0 Å². The molecule has 1 fully saturated rings. The molecule has 0 aromatic rings. The van der Waals surface area contributed by atoms with Gasteiger partial charge >= 0.3 is 0 Å². The van der Waals surface area contributed by atoms with Crippen LogP contribution in [0.4, 0.5) is 0 Å². The maximum atomic E-state index is 9.49. The van der Waals surface area contributed by atoms with Gasteiger partial charge in [-0.05, 0) is 80.1 Å². The molecule has 0 spiro atoms. The largest absolute Gasteiger partial charge is 0.494 e. The van der Waals surface area contributed by atoms with E-state index in [9.17, 15) is 5.11 Å². The summed E-state index contributed by atoms with van der Waals surface area (Å²) in [5, 5.41) is 9.49. The van der Waals surface area contributed by atoms with Gasteiger partial charge in [0, 0.05) is 12.0 Å². The Kier molecular flexibility index (Phi) is 7.65. The molecular weight excluding hydrogens is 386 g/mol. The SMILES string of the molecule is N[C@]1(CO)CC[C@@H](C2C=CC(OCCC3=CCC(OCC4=CCCC=C4)C=C3)=CC2)C1. The zero-order chi connectivity index (χ0) is 21.5. The van der Waals surface area contributed by atoms with E-state index in [1.807, 2.05) is 0 Å².